The van der Waals surface area contributed by atoms with Crippen LogP contribution in [0.2, 0.25) is 0 Å². The van der Waals surface area contributed by atoms with Crippen molar-refractivity contribution in [1.82, 2.24) is 4.90 Å². The van der Waals surface area contributed by atoms with Crippen molar-refractivity contribution < 1.29 is 0 Å². The second-order valence-electron chi connectivity index (χ2n) is 4.62. The molecule has 1 heterocycles. The predicted octanol–water partition coefficient (Wildman–Crippen LogP) is 1.32. The molecule has 0 radical (unpaired) electrons. The summed E-state index contributed by atoms with van der Waals surface area (Å²) in [6.45, 7) is 1.85. The van der Waals surface area contributed by atoms with Crippen LogP contribution in [0.25, 0.3) is 0 Å². The highest BCUT2D eigenvalue weighted by atomic mass is 15.2. The fourth-order valence-corrected chi connectivity index (χ4v) is 2.93. The molecule has 1 fully saturated rings. The van der Waals surface area contributed by atoms with Gasteiger partial charge in [0.1, 0.15) is 0 Å². The number of likely N-dealkylation sites (N-methyl/N-ethyl adjacent to an activating group) is 1. The van der Waals surface area contributed by atoms with Crippen molar-refractivity contribution in [3.05, 3.63) is 35.4 Å². The Morgan fingerprint density at radius 3 is 3.07 bits per heavy atom. The topological polar surface area (TPSA) is 29.3 Å². The molecule has 2 N–H and O–H groups in total. The molecule has 1 aromatic rings. The molecule has 2 atom stereocenters. The molecule has 0 saturated heterocycles. The van der Waals surface area contributed by atoms with Gasteiger partial charge in [-0.3, -0.25) is 4.90 Å². The van der Waals surface area contributed by atoms with E-state index in [2.05, 4.69) is 36.2 Å². The number of nitrogens with zero attached hydrogens (tertiary/aromatic N) is 1. The van der Waals surface area contributed by atoms with Crippen molar-refractivity contribution in [2.24, 2.45) is 5.73 Å². The third-order valence-corrected chi connectivity index (χ3v) is 4.00. The first-order valence-electron chi connectivity index (χ1n) is 5.27. The highest BCUT2D eigenvalue weighted by Gasteiger charge is 2.59. The Kier molecular flexibility index (Phi) is 1.56. The molecule has 2 heteroatoms. The molecule has 14 heavy (non-hydrogen) atoms. The van der Waals surface area contributed by atoms with Crippen LogP contribution < -0.4 is 5.73 Å². The van der Waals surface area contributed by atoms with Gasteiger partial charge in [-0.15, -0.1) is 0 Å². The summed E-state index contributed by atoms with van der Waals surface area (Å²) in [4.78, 5) is 2.43. The van der Waals surface area contributed by atoms with Gasteiger partial charge >= 0.3 is 0 Å². The van der Waals surface area contributed by atoms with Crippen LogP contribution in [0.5, 0.6) is 0 Å². The number of nitrogens with two attached hydrogens (primary N) is 1. The predicted molar refractivity (Wildman–Crippen MR) is 57.1 cm³/mol. The number of hydrogen-bond acceptors (Lipinski definition) is 2. The average Bonchev–Trinajstić information content (AvgIpc) is 2.95. The lowest BCUT2D eigenvalue weighted by molar-refractivity contribution is 0.200. The van der Waals surface area contributed by atoms with Gasteiger partial charge in [-0.1, -0.05) is 24.3 Å². The van der Waals surface area contributed by atoms with E-state index in [-0.39, 0.29) is 0 Å². The third-order valence-electron chi connectivity index (χ3n) is 4.00. The number of rotatable bonds is 1. The van der Waals surface area contributed by atoms with Gasteiger partial charge in [-0.05, 0) is 24.6 Å². The smallest absolute Gasteiger partial charge is 0.0407 e. The van der Waals surface area contributed by atoms with Gasteiger partial charge < -0.3 is 5.73 Å². The van der Waals surface area contributed by atoms with Crippen LogP contribution in [0, 0.1) is 0 Å². The molecule has 1 aliphatic heterocycles. The zero-order valence-corrected chi connectivity index (χ0v) is 8.53. The fraction of sp³-hybridized carbons (Fsp3) is 0.500. The fourth-order valence-electron chi connectivity index (χ4n) is 2.93. The zero-order valence-electron chi connectivity index (χ0n) is 8.53. The molecule has 0 aromatic heterocycles. The minimum absolute atomic E-state index is 0.300. The number of benzene rings is 1. The van der Waals surface area contributed by atoms with Crippen LogP contribution in [0.15, 0.2) is 24.3 Å². The molecular weight excluding hydrogens is 172 g/mol. The quantitative estimate of drug-likeness (QED) is 0.720. The number of fused-ring (bicyclic) bond motifs is 3. The third kappa shape index (κ3) is 0.877. The van der Waals surface area contributed by atoms with E-state index in [0.29, 0.717) is 11.5 Å². The molecule has 2 nitrogen and oxygen atoms in total. The lowest BCUT2D eigenvalue weighted by Crippen LogP contribution is -2.43. The average molecular weight is 188 g/mol. The molecule has 2 aliphatic rings. The van der Waals surface area contributed by atoms with Crippen molar-refractivity contribution >= 4 is 0 Å². The Bertz CT molecular complexity index is 374. The first kappa shape index (κ1) is 8.45. The van der Waals surface area contributed by atoms with E-state index in [9.17, 15) is 0 Å². The van der Waals surface area contributed by atoms with Gasteiger partial charge in [0.05, 0.1) is 0 Å². The largest absolute Gasteiger partial charge is 0.329 e. The van der Waals surface area contributed by atoms with E-state index >= 15 is 0 Å². The highest BCUT2D eigenvalue weighted by molar-refractivity contribution is 5.43. The van der Waals surface area contributed by atoms with Gasteiger partial charge in [0, 0.05) is 24.5 Å². The second-order valence-corrected chi connectivity index (χ2v) is 4.62. The molecule has 0 spiro atoms. The summed E-state index contributed by atoms with van der Waals surface area (Å²) in [5.41, 5.74) is 9.21. The maximum atomic E-state index is 5.89. The Morgan fingerprint density at radius 2 is 2.29 bits per heavy atom. The summed E-state index contributed by atoms with van der Waals surface area (Å²) in [6.07, 6.45) is 1.25. The van der Waals surface area contributed by atoms with Crippen molar-refractivity contribution in [2.75, 3.05) is 13.6 Å². The van der Waals surface area contributed by atoms with Crippen LogP contribution in [0.3, 0.4) is 0 Å². The monoisotopic (exact) mass is 188 g/mol. The van der Waals surface area contributed by atoms with E-state index < -0.39 is 0 Å². The van der Waals surface area contributed by atoms with Crippen molar-refractivity contribution in [2.45, 2.75) is 24.4 Å². The highest BCUT2D eigenvalue weighted by Crippen LogP contribution is 2.58. The minimum Gasteiger partial charge on any atom is -0.329 e. The maximum Gasteiger partial charge on any atom is 0.0407 e. The van der Waals surface area contributed by atoms with Crippen molar-refractivity contribution in [3.8, 4) is 0 Å². The molecular formula is C12H16N2. The van der Waals surface area contributed by atoms with Crippen LogP contribution in [-0.2, 0) is 6.54 Å². The Morgan fingerprint density at radius 1 is 1.50 bits per heavy atom. The lowest BCUT2D eigenvalue weighted by atomic mass is 9.95. The molecule has 2 unspecified atom stereocenters. The van der Waals surface area contributed by atoms with Gasteiger partial charge in [-0.25, -0.2) is 0 Å². The summed E-state index contributed by atoms with van der Waals surface area (Å²) in [5.74, 6) is 0.697. The van der Waals surface area contributed by atoms with E-state index in [4.69, 9.17) is 5.73 Å². The van der Waals surface area contributed by atoms with Crippen LogP contribution in [-0.4, -0.2) is 24.0 Å². The summed E-state index contributed by atoms with van der Waals surface area (Å²) in [7, 11) is 2.20. The van der Waals surface area contributed by atoms with Gasteiger partial charge in [0.2, 0.25) is 0 Å². The molecule has 1 aliphatic carbocycles. The van der Waals surface area contributed by atoms with Gasteiger partial charge in [0.15, 0.2) is 0 Å². The normalized spacial score (nSPS) is 34.9. The molecule has 3 rings (SSSR count). The van der Waals surface area contributed by atoms with Crippen LogP contribution in [0.1, 0.15) is 23.5 Å². The van der Waals surface area contributed by atoms with Crippen LogP contribution >= 0.6 is 0 Å². The minimum atomic E-state index is 0.300. The maximum absolute atomic E-state index is 5.89. The second kappa shape index (κ2) is 2.59. The zero-order chi connectivity index (χ0) is 9.76. The molecule has 0 amide bonds. The van der Waals surface area contributed by atoms with Crippen LogP contribution in [0.4, 0.5) is 0 Å². The van der Waals surface area contributed by atoms with E-state index in [0.717, 1.165) is 13.1 Å². The lowest BCUT2D eigenvalue weighted by Gasteiger charge is -2.33. The summed E-state index contributed by atoms with van der Waals surface area (Å²) >= 11 is 0. The molecule has 1 aromatic carbocycles. The molecule has 0 bridgehead atoms. The Hall–Kier alpha value is -0.860. The molecule has 74 valence electrons. The molecule has 1 saturated carbocycles. The van der Waals surface area contributed by atoms with E-state index in [1.54, 1.807) is 0 Å². The van der Waals surface area contributed by atoms with E-state index in [1.165, 1.54) is 17.5 Å². The number of hydrogen-bond donors (Lipinski definition) is 1. The Balaban J connectivity index is 2.07. The summed E-state index contributed by atoms with van der Waals surface area (Å²) < 4.78 is 0. The summed E-state index contributed by atoms with van der Waals surface area (Å²) in [5, 5.41) is 0. The van der Waals surface area contributed by atoms with E-state index in [1.807, 2.05) is 0 Å². The standard InChI is InChI=1S/C12H16N2/c1-14-7-9-4-2-3-5-10(9)11-6-12(11,14)8-13/h2-5,11H,6-8,13H2,1H3. The van der Waals surface area contributed by atoms with Crippen molar-refractivity contribution in [3.63, 3.8) is 0 Å². The Labute approximate surface area is 84.7 Å². The van der Waals surface area contributed by atoms with Gasteiger partial charge in [-0.2, -0.15) is 0 Å². The van der Waals surface area contributed by atoms with Gasteiger partial charge in [0.25, 0.3) is 0 Å². The first-order chi connectivity index (χ1) is 6.78. The first-order valence-corrected chi connectivity index (χ1v) is 5.27. The summed E-state index contributed by atoms with van der Waals surface area (Å²) in [6, 6.07) is 8.78. The SMILES string of the molecule is CN1Cc2ccccc2C2CC21CN. The van der Waals surface area contributed by atoms with Crippen molar-refractivity contribution in [1.29, 1.82) is 0 Å².